The number of halogens is 3. The summed E-state index contributed by atoms with van der Waals surface area (Å²) >= 11 is 0. The lowest BCUT2D eigenvalue weighted by Crippen LogP contribution is -2.32. The Morgan fingerprint density at radius 3 is 2.44 bits per heavy atom. The van der Waals surface area contributed by atoms with E-state index in [-0.39, 0.29) is 5.69 Å². The van der Waals surface area contributed by atoms with E-state index < -0.39 is 29.7 Å². The van der Waals surface area contributed by atoms with Crippen LogP contribution in [0.2, 0.25) is 0 Å². The number of hydrogen-bond acceptors (Lipinski definition) is 4. The lowest BCUT2D eigenvalue weighted by atomic mass is 9.91. The maximum absolute atomic E-state index is 13.9. The van der Waals surface area contributed by atoms with Crippen molar-refractivity contribution in [1.29, 1.82) is 0 Å². The van der Waals surface area contributed by atoms with E-state index in [1.54, 1.807) is 18.2 Å². The Bertz CT molecular complexity index is 1080. The van der Waals surface area contributed by atoms with Crippen molar-refractivity contribution < 1.29 is 23.1 Å². The predicted octanol–water partition coefficient (Wildman–Crippen LogP) is 5.15. The minimum absolute atomic E-state index is 0.290. The van der Waals surface area contributed by atoms with Crippen LogP contribution < -0.4 is 10.2 Å². The molecule has 3 aliphatic rings. The number of anilines is 2. The number of rotatable bonds is 3. The first kappa shape index (κ1) is 21.0. The van der Waals surface area contributed by atoms with Gasteiger partial charge in [-0.2, -0.15) is 13.2 Å². The van der Waals surface area contributed by atoms with E-state index in [1.165, 1.54) is 12.3 Å². The summed E-state index contributed by atoms with van der Waals surface area (Å²) in [6.07, 6.45) is -0.499. The highest BCUT2D eigenvalue weighted by atomic mass is 19.4. The van der Waals surface area contributed by atoms with Crippen molar-refractivity contribution in [2.75, 3.05) is 10.2 Å². The number of nitrogens with one attached hydrogen (secondary N) is 1. The van der Waals surface area contributed by atoms with E-state index in [0.29, 0.717) is 29.0 Å². The average molecular weight is 443 g/mol. The van der Waals surface area contributed by atoms with Gasteiger partial charge in [0.05, 0.1) is 23.0 Å². The first-order valence-electron chi connectivity index (χ1n) is 10.9. The molecular formula is C24H24F3N3O2. The number of benzene rings is 2. The normalized spacial score (nSPS) is 26.3. The summed E-state index contributed by atoms with van der Waals surface area (Å²) in [5.74, 6) is -1.81. The number of alkyl halides is 3. The fraction of sp³-hybridized carbons (Fsp3) is 0.417. The topological polar surface area (TPSA) is 64.9 Å². The molecule has 2 N–H and O–H groups in total. The SMILES string of the molecule is Cc1ccc2c(c1)C(O)C(C(=O)Nc1ccc(N3C4CCC3CC4)cc1C(F)(F)F)C=N2. The molecule has 0 spiro atoms. The van der Waals surface area contributed by atoms with Crippen molar-refractivity contribution in [1.82, 2.24) is 0 Å². The number of aliphatic hydroxyl groups excluding tert-OH is 1. The van der Waals surface area contributed by atoms with Gasteiger partial charge in [-0.25, -0.2) is 0 Å². The molecule has 2 unspecified atom stereocenters. The molecule has 2 saturated heterocycles. The van der Waals surface area contributed by atoms with Gasteiger partial charge in [-0.3, -0.25) is 9.79 Å². The van der Waals surface area contributed by atoms with E-state index in [1.807, 2.05) is 13.0 Å². The van der Waals surface area contributed by atoms with Crippen LogP contribution in [0.1, 0.15) is 48.5 Å². The lowest BCUT2D eigenvalue weighted by molar-refractivity contribution is -0.137. The van der Waals surface area contributed by atoms with Crippen molar-refractivity contribution in [2.24, 2.45) is 10.9 Å². The van der Waals surface area contributed by atoms with Gasteiger partial charge in [0, 0.05) is 29.5 Å². The molecule has 5 rings (SSSR count). The second kappa shape index (κ2) is 7.62. The number of carbonyl (C=O) groups excluding carboxylic acids is 1. The maximum atomic E-state index is 13.9. The Morgan fingerprint density at radius 2 is 1.78 bits per heavy atom. The highest BCUT2D eigenvalue weighted by Crippen LogP contribution is 2.44. The molecule has 2 atom stereocenters. The van der Waals surface area contributed by atoms with Crippen LogP contribution in [0.4, 0.5) is 30.2 Å². The third kappa shape index (κ3) is 3.56. The molecule has 168 valence electrons. The molecule has 2 aromatic rings. The minimum Gasteiger partial charge on any atom is -0.387 e. The Morgan fingerprint density at radius 1 is 1.09 bits per heavy atom. The first-order chi connectivity index (χ1) is 15.2. The Hall–Kier alpha value is -2.87. The van der Waals surface area contributed by atoms with E-state index in [2.05, 4.69) is 15.2 Å². The number of aliphatic hydroxyl groups is 1. The van der Waals surface area contributed by atoms with Crippen molar-refractivity contribution in [3.63, 3.8) is 0 Å². The summed E-state index contributed by atoms with van der Waals surface area (Å²) in [7, 11) is 0. The quantitative estimate of drug-likeness (QED) is 0.690. The third-order valence-electron chi connectivity index (χ3n) is 6.84. The van der Waals surface area contributed by atoms with Crippen molar-refractivity contribution >= 4 is 29.2 Å². The van der Waals surface area contributed by atoms with Gasteiger partial charge < -0.3 is 15.3 Å². The smallest absolute Gasteiger partial charge is 0.387 e. The van der Waals surface area contributed by atoms with Crippen LogP contribution in [-0.4, -0.2) is 29.3 Å². The summed E-state index contributed by atoms with van der Waals surface area (Å²) in [4.78, 5) is 19.2. The van der Waals surface area contributed by atoms with E-state index >= 15 is 0 Å². The predicted molar refractivity (Wildman–Crippen MR) is 116 cm³/mol. The zero-order valence-corrected chi connectivity index (χ0v) is 17.6. The molecule has 2 bridgehead atoms. The Kier molecular flexibility index (Phi) is 5.00. The highest BCUT2D eigenvalue weighted by Gasteiger charge is 2.41. The molecule has 0 saturated carbocycles. The maximum Gasteiger partial charge on any atom is 0.418 e. The molecule has 5 nitrogen and oxygen atoms in total. The summed E-state index contributed by atoms with van der Waals surface area (Å²) in [6.45, 7) is 1.85. The highest BCUT2D eigenvalue weighted by molar-refractivity contribution is 6.04. The van der Waals surface area contributed by atoms with Gasteiger partial charge in [-0.15, -0.1) is 0 Å². The van der Waals surface area contributed by atoms with Crippen LogP contribution in [0.25, 0.3) is 0 Å². The Labute approximate surface area is 184 Å². The zero-order valence-electron chi connectivity index (χ0n) is 17.6. The monoisotopic (exact) mass is 443 g/mol. The molecule has 0 aromatic heterocycles. The second-order valence-electron chi connectivity index (χ2n) is 8.90. The van der Waals surface area contributed by atoms with Gasteiger partial charge in [0.2, 0.25) is 5.91 Å². The molecule has 3 heterocycles. The molecule has 3 aliphatic heterocycles. The van der Waals surface area contributed by atoms with Gasteiger partial charge in [0.15, 0.2) is 0 Å². The lowest BCUT2D eigenvalue weighted by Gasteiger charge is -2.27. The number of amides is 1. The molecule has 1 amide bonds. The van der Waals surface area contributed by atoms with E-state index in [4.69, 9.17) is 0 Å². The fourth-order valence-electron chi connectivity index (χ4n) is 5.26. The van der Waals surface area contributed by atoms with E-state index in [0.717, 1.165) is 37.3 Å². The van der Waals surface area contributed by atoms with Crippen molar-refractivity contribution in [2.45, 2.75) is 57.0 Å². The minimum atomic E-state index is -4.62. The largest absolute Gasteiger partial charge is 0.418 e. The summed E-state index contributed by atoms with van der Waals surface area (Å²) in [6, 6.07) is 9.99. The van der Waals surface area contributed by atoms with E-state index in [9.17, 15) is 23.1 Å². The molecule has 8 heteroatoms. The van der Waals surface area contributed by atoms with Crippen LogP contribution >= 0.6 is 0 Å². The van der Waals surface area contributed by atoms with Gasteiger partial charge in [-0.1, -0.05) is 17.7 Å². The molecule has 2 aromatic carbocycles. The number of aryl methyl sites for hydroxylation is 1. The van der Waals surface area contributed by atoms with Gasteiger partial charge in [-0.05, 0) is 56.9 Å². The average Bonchev–Trinajstić information content (AvgIpc) is 3.34. The molecule has 0 radical (unpaired) electrons. The van der Waals surface area contributed by atoms with Crippen molar-refractivity contribution in [3.05, 3.63) is 53.1 Å². The van der Waals surface area contributed by atoms with Crippen LogP contribution in [0.15, 0.2) is 41.4 Å². The molecule has 2 fully saturated rings. The number of nitrogens with zero attached hydrogens (tertiary/aromatic N) is 2. The summed E-state index contributed by atoms with van der Waals surface area (Å²) < 4.78 is 41.7. The fourth-order valence-corrected chi connectivity index (χ4v) is 5.26. The summed E-state index contributed by atoms with van der Waals surface area (Å²) in [5, 5.41) is 13.1. The number of fused-ring (bicyclic) bond motifs is 3. The number of carbonyl (C=O) groups is 1. The van der Waals surface area contributed by atoms with Crippen LogP contribution in [0, 0.1) is 12.8 Å². The second-order valence-corrected chi connectivity index (χ2v) is 8.90. The zero-order chi connectivity index (χ0) is 22.6. The summed E-state index contributed by atoms with van der Waals surface area (Å²) in [5.41, 5.74) is 1.28. The molecular weight excluding hydrogens is 419 g/mol. The van der Waals surface area contributed by atoms with Crippen LogP contribution in [-0.2, 0) is 11.0 Å². The third-order valence-corrected chi connectivity index (χ3v) is 6.84. The van der Waals surface area contributed by atoms with Crippen LogP contribution in [0.3, 0.4) is 0 Å². The van der Waals surface area contributed by atoms with Crippen LogP contribution in [0.5, 0.6) is 0 Å². The number of aliphatic imine (C=N–C) groups is 1. The molecule has 32 heavy (non-hydrogen) atoms. The van der Waals surface area contributed by atoms with Crippen molar-refractivity contribution in [3.8, 4) is 0 Å². The Balaban J connectivity index is 1.42. The number of hydrogen-bond donors (Lipinski definition) is 2. The molecule has 0 aliphatic carbocycles. The van der Waals surface area contributed by atoms with Gasteiger partial charge >= 0.3 is 6.18 Å². The standard InChI is InChI=1S/C24H24F3N3O2/c1-13-2-8-20-17(10-13)22(31)18(12-28-20)23(32)29-21-9-7-16(11-19(21)24(25,26)27)30-14-3-4-15(30)6-5-14/h2,7-12,14-15,18,22,31H,3-6H2,1H3,(H,29,32). The van der Waals surface area contributed by atoms with Gasteiger partial charge in [0.25, 0.3) is 0 Å². The first-order valence-corrected chi connectivity index (χ1v) is 10.9. The van der Waals surface area contributed by atoms with Gasteiger partial charge in [0.1, 0.15) is 5.92 Å².